The highest BCUT2D eigenvalue weighted by atomic mass is 32.1. The average molecular weight is 630 g/mol. The van der Waals surface area contributed by atoms with Gasteiger partial charge < -0.3 is 10.3 Å². The highest BCUT2D eigenvalue weighted by Crippen LogP contribution is 2.62. The number of nitrogens with one attached hydrogen (secondary N) is 1. The molecule has 3 heterocycles. The number of rotatable bonds is 2. The number of para-hydroxylation sites is 3. The average Bonchev–Trinajstić information content (AvgIpc) is 3.78. The summed E-state index contributed by atoms with van der Waals surface area (Å²) >= 11 is 1.86. The molecule has 2 aliphatic rings. The van der Waals surface area contributed by atoms with E-state index in [0.717, 1.165) is 16.7 Å². The number of thiophene rings is 1. The van der Waals surface area contributed by atoms with E-state index >= 15 is 0 Å². The van der Waals surface area contributed by atoms with Gasteiger partial charge in [0.05, 0.1) is 22.1 Å². The fourth-order valence-electron chi connectivity index (χ4n) is 9.03. The zero-order chi connectivity index (χ0) is 31.7. The summed E-state index contributed by atoms with van der Waals surface area (Å²) < 4.78 is 5.05. The summed E-state index contributed by atoms with van der Waals surface area (Å²) in [5, 5.41) is 13.9. The molecule has 2 aromatic heterocycles. The quantitative estimate of drug-likeness (QED) is 0.145. The van der Waals surface area contributed by atoms with Gasteiger partial charge in [-0.25, -0.2) is 0 Å². The van der Waals surface area contributed by atoms with E-state index in [1.807, 2.05) is 17.4 Å². The molecule has 0 saturated carbocycles. The van der Waals surface area contributed by atoms with Gasteiger partial charge in [-0.2, -0.15) is 0 Å². The van der Waals surface area contributed by atoms with Gasteiger partial charge in [-0.15, -0.1) is 11.3 Å². The van der Waals surface area contributed by atoms with E-state index in [1.54, 1.807) is 0 Å². The van der Waals surface area contributed by atoms with Crippen LogP contribution < -0.4 is 5.73 Å². The summed E-state index contributed by atoms with van der Waals surface area (Å²) in [6, 6.07) is 53.2. The number of nitrogen functional groups attached to an aromatic ring is 1. The Labute approximate surface area is 280 Å². The molecule has 7 aromatic carbocycles. The number of benzene rings is 7. The van der Waals surface area contributed by atoms with Crippen LogP contribution in [0.2, 0.25) is 0 Å². The van der Waals surface area contributed by atoms with Gasteiger partial charge in [-0.1, -0.05) is 121 Å². The fraction of sp³-hybridized carbons (Fsp3) is 0.0227. The monoisotopic (exact) mass is 629 g/mol. The lowest BCUT2D eigenvalue weighted by molar-refractivity contribution is 0.748. The van der Waals surface area contributed by atoms with Crippen LogP contribution in [0.3, 0.4) is 0 Å². The first-order valence-corrected chi connectivity index (χ1v) is 17.1. The standard InChI is InChI=1S/C44H27N3S/c45-43(46)31-15-9-17-35-40(31)32-24-25(26-12-7-14-30-28-11-2-6-21-39(28)48-42(26)30)22-23-33(32)44(35)34-16-3-5-20-38(34)47-37-19-4-1-10-27(37)29-13-8-18-36(44)41(29)47/h1-24H,(H3,45,46). The van der Waals surface area contributed by atoms with Crippen LogP contribution >= 0.6 is 11.3 Å². The van der Waals surface area contributed by atoms with Gasteiger partial charge in [-0.3, -0.25) is 5.41 Å². The lowest BCUT2D eigenvalue weighted by Crippen LogP contribution is -2.33. The SMILES string of the molecule is N=C(N)c1cccc2c1-c1cc(-c3cccc4c3sc3ccccc34)ccc1C21c2ccccc2-n2c3ccccc3c3cccc1c32. The van der Waals surface area contributed by atoms with Gasteiger partial charge in [-0.05, 0) is 68.8 Å². The molecule has 3 N–H and O–H groups in total. The minimum atomic E-state index is -0.585. The van der Waals surface area contributed by atoms with Crippen molar-refractivity contribution in [1.82, 2.24) is 4.57 Å². The third-order valence-corrected chi connectivity index (χ3v) is 12.0. The number of amidine groups is 1. The molecule has 1 unspecified atom stereocenters. The largest absolute Gasteiger partial charge is 0.384 e. The van der Waals surface area contributed by atoms with Crippen LogP contribution in [-0.4, -0.2) is 10.4 Å². The first-order valence-electron chi connectivity index (χ1n) is 16.3. The van der Waals surface area contributed by atoms with Crippen LogP contribution in [0.15, 0.2) is 146 Å². The van der Waals surface area contributed by atoms with Gasteiger partial charge in [0.2, 0.25) is 0 Å². The summed E-state index contributed by atoms with van der Waals surface area (Å²) in [5.74, 6) is 0.0864. The van der Waals surface area contributed by atoms with Crippen molar-refractivity contribution in [1.29, 1.82) is 5.41 Å². The summed E-state index contributed by atoms with van der Waals surface area (Å²) in [5.41, 5.74) is 19.7. The van der Waals surface area contributed by atoms with Crippen LogP contribution in [-0.2, 0) is 5.41 Å². The molecule has 224 valence electrons. The highest BCUT2D eigenvalue weighted by molar-refractivity contribution is 7.26. The van der Waals surface area contributed by atoms with Crippen molar-refractivity contribution in [3.05, 3.63) is 173 Å². The minimum Gasteiger partial charge on any atom is -0.384 e. The van der Waals surface area contributed by atoms with E-state index in [-0.39, 0.29) is 5.84 Å². The molecule has 3 nitrogen and oxygen atoms in total. The van der Waals surface area contributed by atoms with Crippen LogP contribution in [0.5, 0.6) is 0 Å². The summed E-state index contributed by atoms with van der Waals surface area (Å²) in [4.78, 5) is 0. The molecule has 4 heteroatoms. The Morgan fingerprint density at radius 1 is 0.583 bits per heavy atom. The summed E-state index contributed by atoms with van der Waals surface area (Å²) in [6.07, 6.45) is 0. The van der Waals surface area contributed by atoms with E-state index < -0.39 is 5.41 Å². The maximum Gasteiger partial charge on any atom is 0.123 e. The van der Waals surface area contributed by atoms with Gasteiger partial charge >= 0.3 is 0 Å². The van der Waals surface area contributed by atoms with Crippen LogP contribution in [0, 0.1) is 5.41 Å². The predicted octanol–water partition coefficient (Wildman–Crippen LogP) is 10.8. The van der Waals surface area contributed by atoms with Crippen LogP contribution in [0.25, 0.3) is 69.9 Å². The van der Waals surface area contributed by atoms with Crippen molar-refractivity contribution < 1.29 is 0 Å². The van der Waals surface area contributed by atoms with Crippen LogP contribution in [0.4, 0.5) is 0 Å². The Kier molecular flexibility index (Phi) is 4.95. The topological polar surface area (TPSA) is 54.8 Å². The van der Waals surface area contributed by atoms with Crippen molar-refractivity contribution in [3.63, 3.8) is 0 Å². The molecule has 1 aliphatic heterocycles. The van der Waals surface area contributed by atoms with Crippen molar-refractivity contribution in [2.24, 2.45) is 5.73 Å². The van der Waals surface area contributed by atoms with Gasteiger partial charge in [0.1, 0.15) is 5.84 Å². The number of hydrogen-bond donors (Lipinski definition) is 2. The van der Waals surface area contributed by atoms with Crippen molar-refractivity contribution >= 4 is 59.2 Å². The zero-order valence-electron chi connectivity index (χ0n) is 25.8. The van der Waals surface area contributed by atoms with Crippen molar-refractivity contribution in [2.75, 3.05) is 0 Å². The van der Waals surface area contributed by atoms with Crippen molar-refractivity contribution in [2.45, 2.75) is 5.41 Å². The molecule has 1 atom stereocenters. The maximum atomic E-state index is 8.76. The normalized spacial score (nSPS) is 15.8. The lowest BCUT2D eigenvalue weighted by atomic mass is 9.65. The highest BCUT2D eigenvalue weighted by Gasteiger charge is 2.51. The van der Waals surface area contributed by atoms with E-state index in [2.05, 4.69) is 144 Å². The van der Waals surface area contributed by atoms with Gasteiger partial charge in [0.15, 0.2) is 0 Å². The second-order valence-electron chi connectivity index (χ2n) is 13.0. The number of aromatic nitrogens is 1. The number of nitrogens with zero attached hydrogens (tertiary/aromatic N) is 1. The molecule has 11 rings (SSSR count). The smallest absolute Gasteiger partial charge is 0.123 e. The molecule has 1 aliphatic carbocycles. The number of hydrogen-bond acceptors (Lipinski definition) is 2. The van der Waals surface area contributed by atoms with E-state index in [0.29, 0.717) is 0 Å². The Hall–Kier alpha value is -5.97. The van der Waals surface area contributed by atoms with E-state index in [1.165, 1.54) is 81.0 Å². The summed E-state index contributed by atoms with van der Waals surface area (Å²) in [6.45, 7) is 0. The summed E-state index contributed by atoms with van der Waals surface area (Å²) in [7, 11) is 0. The third kappa shape index (κ3) is 3.02. The van der Waals surface area contributed by atoms with Crippen molar-refractivity contribution in [3.8, 4) is 27.9 Å². The van der Waals surface area contributed by atoms with Gasteiger partial charge in [0.25, 0.3) is 0 Å². The molecule has 0 bridgehead atoms. The first kappa shape index (κ1) is 26.1. The second-order valence-corrected chi connectivity index (χ2v) is 14.1. The molecule has 48 heavy (non-hydrogen) atoms. The first-order chi connectivity index (χ1) is 23.7. The van der Waals surface area contributed by atoms with Gasteiger partial charge in [0, 0.05) is 36.5 Å². The Morgan fingerprint density at radius 2 is 1.29 bits per heavy atom. The molecule has 9 aromatic rings. The zero-order valence-corrected chi connectivity index (χ0v) is 26.6. The number of fused-ring (bicyclic) bond motifs is 15. The third-order valence-electron chi connectivity index (χ3n) is 10.8. The maximum absolute atomic E-state index is 8.76. The molecule has 0 radical (unpaired) electrons. The molecule has 0 fully saturated rings. The van der Waals surface area contributed by atoms with E-state index in [4.69, 9.17) is 11.1 Å². The molecule has 0 amide bonds. The Balaban J connectivity index is 1.29. The van der Waals surface area contributed by atoms with E-state index in [9.17, 15) is 0 Å². The minimum absolute atomic E-state index is 0.0864. The second kappa shape index (κ2) is 9.09. The lowest BCUT2D eigenvalue weighted by Gasteiger charge is -2.39. The Bertz CT molecular complexity index is 2890. The molecule has 1 spiro atoms. The predicted molar refractivity (Wildman–Crippen MR) is 201 cm³/mol. The molecular formula is C44H27N3S. The molecule has 0 saturated heterocycles. The number of nitrogens with two attached hydrogens (primary N) is 1. The molecular weight excluding hydrogens is 603 g/mol. The Morgan fingerprint density at radius 3 is 2.21 bits per heavy atom. The van der Waals surface area contributed by atoms with Crippen LogP contribution in [0.1, 0.15) is 27.8 Å². The fourth-order valence-corrected chi connectivity index (χ4v) is 10.3.